The van der Waals surface area contributed by atoms with Crippen LogP contribution in [0, 0.1) is 6.92 Å². The third-order valence-electron chi connectivity index (χ3n) is 1.64. The summed E-state index contributed by atoms with van der Waals surface area (Å²) in [6.07, 6.45) is 2.85. The van der Waals surface area contributed by atoms with Crippen molar-refractivity contribution in [1.82, 2.24) is 0 Å². The van der Waals surface area contributed by atoms with E-state index in [1.165, 1.54) is 6.08 Å². The molecule has 1 rings (SSSR count). The van der Waals surface area contributed by atoms with Gasteiger partial charge in [-0.1, -0.05) is 35.9 Å². The lowest BCUT2D eigenvalue weighted by Crippen LogP contribution is -1.82. The number of hydrogen-bond donors (Lipinski definition) is 0. The minimum Gasteiger partial charge on any atom is -0.288 e. The van der Waals surface area contributed by atoms with Crippen molar-refractivity contribution in [2.75, 3.05) is 0 Å². The number of amides is 1. The first-order chi connectivity index (χ1) is 6.72. The normalized spacial score (nSPS) is 9.79. The zero-order valence-corrected chi connectivity index (χ0v) is 7.71. The maximum absolute atomic E-state index is 10.8. The Labute approximate surface area is 81.5 Å². The van der Waals surface area contributed by atoms with Crippen LogP contribution in [0.1, 0.15) is 11.1 Å². The monoisotopic (exact) mass is 187 g/mol. The SMILES string of the molecule is Cc1ccc(C=CC(=O)N=[N+]=[N-])cc1. The molecule has 0 fully saturated rings. The van der Waals surface area contributed by atoms with Gasteiger partial charge in [-0.3, -0.25) is 4.79 Å². The van der Waals surface area contributed by atoms with Crippen LogP contribution in [0.4, 0.5) is 0 Å². The Hall–Kier alpha value is -2.06. The van der Waals surface area contributed by atoms with Gasteiger partial charge in [0.05, 0.1) is 0 Å². The summed E-state index contributed by atoms with van der Waals surface area (Å²) in [5, 5.41) is 2.91. The van der Waals surface area contributed by atoms with E-state index in [1.807, 2.05) is 31.2 Å². The summed E-state index contributed by atoms with van der Waals surface area (Å²) in [6.45, 7) is 1.98. The average Bonchev–Trinajstić information content (AvgIpc) is 2.17. The predicted molar refractivity (Wildman–Crippen MR) is 54.4 cm³/mol. The first kappa shape index (κ1) is 10.0. The highest BCUT2D eigenvalue weighted by Gasteiger charge is 1.90. The maximum Gasteiger partial charge on any atom is 0.242 e. The van der Waals surface area contributed by atoms with Gasteiger partial charge < -0.3 is 0 Å². The van der Waals surface area contributed by atoms with E-state index in [2.05, 4.69) is 10.0 Å². The predicted octanol–water partition coefficient (Wildman–Crippen LogP) is 2.85. The average molecular weight is 187 g/mol. The first-order valence-electron chi connectivity index (χ1n) is 4.06. The van der Waals surface area contributed by atoms with Gasteiger partial charge >= 0.3 is 0 Å². The first-order valence-corrected chi connectivity index (χ1v) is 4.06. The summed E-state index contributed by atoms with van der Waals surface area (Å²) in [6, 6.07) is 7.65. The fraction of sp³-hybridized carbons (Fsp3) is 0.100. The molecule has 0 saturated carbocycles. The molecule has 0 saturated heterocycles. The third kappa shape index (κ3) is 3.13. The fourth-order valence-electron chi connectivity index (χ4n) is 0.922. The highest BCUT2D eigenvalue weighted by molar-refractivity contribution is 5.92. The topological polar surface area (TPSA) is 65.8 Å². The van der Waals surface area contributed by atoms with Crippen molar-refractivity contribution < 1.29 is 4.79 Å². The summed E-state index contributed by atoms with van der Waals surface area (Å²) >= 11 is 0. The van der Waals surface area contributed by atoms with E-state index in [1.54, 1.807) is 6.08 Å². The van der Waals surface area contributed by atoms with E-state index in [9.17, 15) is 4.79 Å². The molecule has 0 aliphatic rings. The smallest absolute Gasteiger partial charge is 0.242 e. The maximum atomic E-state index is 10.8. The Morgan fingerprint density at radius 3 is 2.64 bits per heavy atom. The van der Waals surface area contributed by atoms with Crippen LogP contribution in [0.5, 0.6) is 0 Å². The van der Waals surface area contributed by atoms with Crippen LogP contribution in [0.15, 0.2) is 35.5 Å². The summed E-state index contributed by atoms with van der Waals surface area (Å²) in [7, 11) is 0. The second-order valence-electron chi connectivity index (χ2n) is 2.77. The summed E-state index contributed by atoms with van der Waals surface area (Å²) in [5.41, 5.74) is 10.0. The Balaban J connectivity index is 2.73. The van der Waals surface area contributed by atoms with Gasteiger partial charge in [-0.15, -0.1) is 0 Å². The van der Waals surface area contributed by atoms with E-state index in [0.29, 0.717) is 0 Å². The largest absolute Gasteiger partial charge is 0.288 e. The molecule has 0 heterocycles. The number of benzene rings is 1. The molecule has 4 nitrogen and oxygen atoms in total. The van der Waals surface area contributed by atoms with Gasteiger partial charge in [0.2, 0.25) is 5.91 Å². The van der Waals surface area contributed by atoms with Gasteiger partial charge in [-0.2, -0.15) is 0 Å². The van der Waals surface area contributed by atoms with Crippen LogP contribution < -0.4 is 0 Å². The molecule has 0 radical (unpaired) electrons. The van der Waals surface area contributed by atoms with Crippen LogP contribution in [0.25, 0.3) is 16.5 Å². The molecule has 0 aliphatic heterocycles. The number of carbonyl (C=O) groups excluding carboxylic acids is 1. The van der Waals surface area contributed by atoms with Crippen molar-refractivity contribution in [3.8, 4) is 0 Å². The van der Waals surface area contributed by atoms with E-state index >= 15 is 0 Å². The highest BCUT2D eigenvalue weighted by atomic mass is 16.1. The van der Waals surface area contributed by atoms with Crippen LogP contribution in [0.2, 0.25) is 0 Å². The van der Waals surface area contributed by atoms with Crippen molar-refractivity contribution in [1.29, 1.82) is 0 Å². The Morgan fingerprint density at radius 2 is 2.07 bits per heavy atom. The van der Waals surface area contributed by atoms with Gasteiger partial charge in [0, 0.05) is 4.91 Å². The van der Waals surface area contributed by atoms with E-state index < -0.39 is 5.91 Å². The fourth-order valence-corrected chi connectivity index (χ4v) is 0.922. The molecule has 1 aromatic carbocycles. The van der Waals surface area contributed by atoms with Crippen molar-refractivity contribution >= 4 is 12.0 Å². The van der Waals surface area contributed by atoms with Crippen molar-refractivity contribution in [2.24, 2.45) is 5.11 Å². The van der Waals surface area contributed by atoms with Gasteiger partial charge in [-0.05, 0) is 29.2 Å². The molecule has 0 atom stereocenters. The van der Waals surface area contributed by atoms with E-state index in [0.717, 1.165) is 11.1 Å². The molecule has 0 unspecified atom stereocenters. The molecule has 0 bridgehead atoms. The molecule has 0 N–H and O–H groups in total. The number of aryl methyl sites for hydroxylation is 1. The lowest BCUT2D eigenvalue weighted by atomic mass is 10.1. The van der Waals surface area contributed by atoms with Crippen LogP contribution in [0.3, 0.4) is 0 Å². The molecule has 0 aromatic heterocycles. The van der Waals surface area contributed by atoms with Crippen molar-refractivity contribution in [3.63, 3.8) is 0 Å². The molecule has 1 amide bonds. The number of azide groups is 1. The van der Waals surface area contributed by atoms with Gasteiger partial charge in [-0.25, -0.2) is 0 Å². The molecule has 4 heteroatoms. The van der Waals surface area contributed by atoms with Crippen LogP contribution in [-0.4, -0.2) is 5.91 Å². The van der Waals surface area contributed by atoms with Gasteiger partial charge in [0.15, 0.2) is 0 Å². The Kier molecular flexibility index (Phi) is 3.47. The van der Waals surface area contributed by atoms with Crippen LogP contribution in [-0.2, 0) is 4.79 Å². The molecule has 0 spiro atoms. The molecule has 0 aliphatic carbocycles. The Morgan fingerprint density at radius 1 is 1.43 bits per heavy atom. The number of rotatable bonds is 2. The lowest BCUT2D eigenvalue weighted by molar-refractivity contribution is -0.113. The third-order valence-corrected chi connectivity index (χ3v) is 1.64. The molecule has 1 aromatic rings. The van der Waals surface area contributed by atoms with Crippen molar-refractivity contribution in [3.05, 3.63) is 51.9 Å². The molecule has 70 valence electrons. The van der Waals surface area contributed by atoms with Gasteiger partial charge in [0.1, 0.15) is 0 Å². The Bertz CT molecular complexity index is 400. The zero-order valence-electron chi connectivity index (χ0n) is 7.71. The molecule has 14 heavy (non-hydrogen) atoms. The molecular weight excluding hydrogens is 178 g/mol. The minimum absolute atomic E-state index is 0.590. The van der Waals surface area contributed by atoms with Gasteiger partial charge in [0.25, 0.3) is 0 Å². The summed E-state index contributed by atoms with van der Waals surface area (Å²) in [5.74, 6) is -0.590. The van der Waals surface area contributed by atoms with E-state index in [4.69, 9.17) is 5.53 Å². The minimum atomic E-state index is -0.590. The summed E-state index contributed by atoms with van der Waals surface area (Å²) < 4.78 is 0. The second-order valence-corrected chi connectivity index (χ2v) is 2.77. The van der Waals surface area contributed by atoms with Crippen molar-refractivity contribution in [2.45, 2.75) is 6.92 Å². The quantitative estimate of drug-likeness (QED) is 0.304. The van der Waals surface area contributed by atoms with E-state index in [-0.39, 0.29) is 0 Å². The second kappa shape index (κ2) is 4.84. The van der Waals surface area contributed by atoms with Crippen LogP contribution >= 0.6 is 0 Å². The number of carbonyl (C=O) groups is 1. The number of nitrogens with zero attached hydrogens (tertiary/aromatic N) is 3. The summed E-state index contributed by atoms with van der Waals surface area (Å²) in [4.78, 5) is 13.2. The number of hydrogen-bond acceptors (Lipinski definition) is 1. The molecular formula is C10H9N3O. The standard InChI is InChI=1S/C10H9N3O/c1-8-2-4-9(5-3-8)6-7-10(14)12-13-11/h2-7H,1H3. The lowest BCUT2D eigenvalue weighted by Gasteiger charge is -1.93. The highest BCUT2D eigenvalue weighted by Crippen LogP contribution is 2.04. The zero-order chi connectivity index (χ0) is 10.4.